The lowest BCUT2D eigenvalue weighted by Crippen LogP contribution is -2.27. The van der Waals surface area contributed by atoms with E-state index in [4.69, 9.17) is 0 Å². The molecule has 0 amide bonds. The van der Waals surface area contributed by atoms with E-state index in [1.165, 1.54) is 7.05 Å². The molecule has 0 saturated heterocycles. The van der Waals surface area contributed by atoms with E-state index in [0.717, 1.165) is 4.57 Å². The summed E-state index contributed by atoms with van der Waals surface area (Å²) in [5, 5.41) is 0.327. The van der Waals surface area contributed by atoms with Crippen molar-refractivity contribution < 1.29 is 17.8 Å². The van der Waals surface area contributed by atoms with Gasteiger partial charge in [0.15, 0.2) is 10.7 Å². The number of halogens is 1. The molecule has 1 aliphatic carbocycles. The monoisotopic (exact) mass is 419 g/mol. The highest BCUT2D eigenvalue weighted by Crippen LogP contribution is 2.43. The fourth-order valence-corrected chi connectivity index (χ4v) is 4.67. The summed E-state index contributed by atoms with van der Waals surface area (Å²) in [6, 6.07) is 9.70. The van der Waals surface area contributed by atoms with Gasteiger partial charge in [-0.15, -0.1) is 0 Å². The van der Waals surface area contributed by atoms with Gasteiger partial charge in [0, 0.05) is 33.6 Å². The van der Waals surface area contributed by atoms with Gasteiger partial charge in [0.25, 0.3) is 5.56 Å². The number of hydrogen-bond donors (Lipinski definition) is 1. The SMILES string of the molecule is Cn1c(=O)c(S(=O)(=O)O)c2c3c(c(Br)ccc31)C(=O)c1ccccc1-2. The van der Waals surface area contributed by atoms with Gasteiger partial charge in [0.1, 0.15) is 0 Å². The third-order valence-electron chi connectivity index (χ3n) is 4.40. The van der Waals surface area contributed by atoms with Gasteiger partial charge in [-0.3, -0.25) is 14.1 Å². The number of ketones is 1. The van der Waals surface area contributed by atoms with Gasteiger partial charge in [0.2, 0.25) is 0 Å². The summed E-state index contributed by atoms with van der Waals surface area (Å²) in [5.74, 6) is -0.277. The molecule has 1 aliphatic rings. The summed E-state index contributed by atoms with van der Waals surface area (Å²) in [4.78, 5) is 24.9. The predicted octanol–water partition coefficient (Wildman–Crippen LogP) is 2.76. The molecule has 126 valence electrons. The average molecular weight is 420 g/mol. The molecule has 4 rings (SSSR count). The van der Waals surface area contributed by atoms with Crippen LogP contribution in [-0.2, 0) is 17.2 Å². The Morgan fingerprint density at radius 3 is 2.28 bits per heavy atom. The first-order chi connectivity index (χ1) is 11.7. The molecule has 0 radical (unpaired) electrons. The molecule has 6 nitrogen and oxygen atoms in total. The maximum Gasteiger partial charge on any atom is 0.300 e. The zero-order valence-corrected chi connectivity index (χ0v) is 15.2. The number of aromatic nitrogens is 1. The minimum Gasteiger partial charge on any atom is -0.310 e. The smallest absolute Gasteiger partial charge is 0.300 e. The average Bonchev–Trinajstić information content (AvgIpc) is 2.55. The maximum atomic E-state index is 12.9. The number of carbonyl (C=O) groups excluding carboxylic acids is 1. The van der Waals surface area contributed by atoms with Crippen LogP contribution < -0.4 is 5.56 Å². The molecule has 1 aromatic heterocycles. The second-order valence-electron chi connectivity index (χ2n) is 5.73. The molecule has 0 atom stereocenters. The van der Waals surface area contributed by atoms with Crippen molar-refractivity contribution in [2.45, 2.75) is 4.90 Å². The fraction of sp³-hybridized carbons (Fsp3) is 0.0588. The summed E-state index contributed by atoms with van der Waals surface area (Å²) >= 11 is 3.34. The largest absolute Gasteiger partial charge is 0.310 e. The molecule has 1 heterocycles. The van der Waals surface area contributed by atoms with Gasteiger partial charge in [-0.2, -0.15) is 8.42 Å². The van der Waals surface area contributed by atoms with Gasteiger partial charge < -0.3 is 4.57 Å². The zero-order chi connectivity index (χ0) is 18.1. The van der Waals surface area contributed by atoms with E-state index in [1.54, 1.807) is 36.4 Å². The topological polar surface area (TPSA) is 93.4 Å². The number of rotatable bonds is 1. The van der Waals surface area contributed by atoms with Crippen LogP contribution in [0.2, 0.25) is 0 Å². The number of carbonyl (C=O) groups is 1. The van der Waals surface area contributed by atoms with Crippen LogP contribution in [0.3, 0.4) is 0 Å². The second-order valence-corrected chi connectivity index (χ2v) is 7.95. The Labute approximate surface area is 150 Å². The van der Waals surface area contributed by atoms with Crippen LogP contribution in [0.1, 0.15) is 15.9 Å². The van der Waals surface area contributed by atoms with Gasteiger partial charge >= 0.3 is 10.1 Å². The van der Waals surface area contributed by atoms with Crippen molar-refractivity contribution in [3.8, 4) is 11.1 Å². The van der Waals surface area contributed by atoms with Gasteiger partial charge in [-0.05, 0) is 17.7 Å². The van der Waals surface area contributed by atoms with E-state index in [1.807, 2.05) is 0 Å². The lowest BCUT2D eigenvalue weighted by molar-refractivity contribution is 0.103. The Kier molecular flexibility index (Phi) is 3.31. The number of hydrogen-bond acceptors (Lipinski definition) is 4. The molecule has 3 aromatic rings. The van der Waals surface area contributed by atoms with Crippen molar-refractivity contribution in [1.82, 2.24) is 4.57 Å². The summed E-state index contributed by atoms with van der Waals surface area (Å²) in [5.41, 5.74) is 0.490. The highest BCUT2D eigenvalue weighted by Gasteiger charge is 2.34. The molecule has 2 aromatic carbocycles. The Morgan fingerprint density at radius 1 is 1.00 bits per heavy atom. The Bertz CT molecular complexity index is 1270. The molecule has 8 heteroatoms. The van der Waals surface area contributed by atoms with Crippen molar-refractivity contribution in [3.05, 3.63) is 62.4 Å². The molecule has 25 heavy (non-hydrogen) atoms. The van der Waals surface area contributed by atoms with E-state index in [0.29, 0.717) is 20.9 Å². The van der Waals surface area contributed by atoms with Crippen LogP contribution in [0.4, 0.5) is 0 Å². The Hall–Kier alpha value is -2.29. The number of benzene rings is 2. The van der Waals surface area contributed by atoms with Gasteiger partial charge in [-0.25, -0.2) is 0 Å². The first-order valence-electron chi connectivity index (χ1n) is 7.20. The van der Waals surface area contributed by atoms with Crippen molar-refractivity contribution in [3.63, 3.8) is 0 Å². The fourth-order valence-electron chi connectivity index (χ4n) is 3.33. The van der Waals surface area contributed by atoms with Crippen molar-refractivity contribution in [1.29, 1.82) is 0 Å². The lowest BCUT2D eigenvalue weighted by Gasteiger charge is -2.23. The van der Waals surface area contributed by atoms with Crippen LogP contribution in [-0.4, -0.2) is 23.3 Å². The van der Waals surface area contributed by atoms with Crippen molar-refractivity contribution in [2.24, 2.45) is 7.05 Å². The Morgan fingerprint density at radius 2 is 1.64 bits per heavy atom. The maximum absolute atomic E-state index is 12.9. The third-order valence-corrected chi connectivity index (χ3v) is 5.95. The first kappa shape index (κ1) is 16.2. The van der Waals surface area contributed by atoms with E-state index in [2.05, 4.69) is 15.9 Å². The normalized spacial score (nSPS) is 13.2. The molecule has 0 bridgehead atoms. The molecule has 0 aliphatic heterocycles. The van der Waals surface area contributed by atoms with Crippen molar-refractivity contribution >= 4 is 42.7 Å². The third kappa shape index (κ3) is 2.08. The standard InChI is InChI=1S/C17H10BrNO5S/c1-19-11-7-6-10(18)13-14(11)12(16(17(19)21)25(22,23)24)8-4-2-3-5-9(8)15(13)20/h2-7H,1H3,(H,22,23,24). The van der Waals surface area contributed by atoms with Gasteiger partial charge in [-0.1, -0.05) is 40.2 Å². The molecular formula is C17H10BrNO5S. The summed E-state index contributed by atoms with van der Waals surface area (Å²) in [6.45, 7) is 0. The van der Waals surface area contributed by atoms with Crippen LogP contribution in [0.25, 0.3) is 22.0 Å². The number of aryl methyl sites for hydroxylation is 1. The number of pyridine rings is 1. The van der Waals surface area contributed by atoms with Crippen LogP contribution >= 0.6 is 15.9 Å². The highest BCUT2D eigenvalue weighted by atomic mass is 79.9. The van der Waals surface area contributed by atoms with Crippen LogP contribution in [0.15, 0.2) is 50.6 Å². The minimum atomic E-state index is -4.81. The molecule has 0 saturated carbocycles. The van der Waals surface area contributed by atoms with E-state index in [9.17, 15) is 22.6 Å². The highest BCUT2D eigenvalue weighted by molar-refractivity contribution is 9.10. The molecular weight excluding hydrogens is 410 g/mol. The van der Waals surface area contributed by atoms with E-state index < -0.39 is 20.6 Å². The second kappa shape index (κ2) is 5.10. The summed E-state index contributed by atoms with van der Waals surface area (Å²) in [6.07, 6.45) is 0. The quantitative estimate of drug-likeness (QED) is 0.478. The minimum absolute atomic E-state index is 0.0621. The first-order valence-corrected chi connectivity index (χ1v) is 9.43. The summed E-state index contributed by atoms with van der Waals surface area (Å²) in [7, 11) is -3.40. The van der Waals surface area contributed by atoms with Crippen LogP contribution in [0.5, 0.6) is 0 Å². The van der Waals surface area contributed by atoms with Gasteiger partial charge in [0.05, 0.1) is 5.52 Å². The molecule has 0 unspecified atom stereocenters. The number of fused-ring (bicyclic) bond motifs is 2. The lowest BCUT2D eigenvalue weighted by atomic mass is 9.84. The van der Waals surface area contributed by atoms with E-state index >= 15 is 0 Å². The van der Waals surface area contributed by atoms with Crippen molar-refractivity contribution in [2.75, 3.05) is 0 Å². The molecule has 0 fully saturated rings. The number of nitrogens with zero attached hydrogens (tertiary/aromatic N) is 1. The molecule has 0 spiro atoms. The zero-order valence-electron chi connectivity index (χ0n) is 12.8. The van der Waals surface area contributed by atoms with Crippen LogP contribution in [0, 0.1) is 0 Å². The van der Waals surface area contributed by atoms with E-state index in [-0.39, 0.29) is 22.5 Å². The predicted molar refractivity (Wildman–Crippen MR) is 95.6 cm³/mol. The summed E-state index contributed by atoms with van der Waals surface area (Å²) < 4.78 is 35.3. The molecule has 1 N–H and O–H groups in total. The Balaban J connectivity index is 2.45.